The van der Waals surface area contributed by atoms with Crippen molar-refractivity contribution in [2.75, 3.05) is 24.2 Å². The summed E-state index contributed by atoms with van der Waals surface area (Å²) in [6, 6.07) is 1.72. The summed E-state index contributed by atoms with van der Waals surface area (Å²) in [5.41, 5.74) is 4.99. The van der Waals surface area contributed by atoms with Crippen molar-refractivity contribution >= 4 is 11.6 Å². The van der Waals surface area contributed by atoms with Crippen LogP contribution in [0.2, 0.25) is 0 Å². The van der Waals surface area contributed by atoms with Crippen molar-refractivity contribution in [2.45, 2.75) is 39.2 Å². The van der Waals surface area contributed by atoms with Crippen LogP contribution in [0.15, 0.2) is 6.07 Å². The van der Waals surface area contributed by atoms with Crippen molar-refractivity contribution in [1.82, 2.24) is 9.97 Å². The van der Waals surface area contributed by atoms with Gasteiger partial charge in [-0.3, -0.25) is 0 Å². The number of rotatable bonds is 4. The maximum Gasteiger partial charge on any atom is 0.135 e. The Morgan fingerprint density at radius 3 is 2.47 bits per heavy atom. The summed E-state index contributed by atoms with van der Waals surface area (Å²) in [6.07, 6.45) is 0. The molecule has 5 nitrogen and oxygen atoms in total. The first-order valence-corrected chi connectivity index (χ1v) is 5.77. The molecule has 0 aromatic carbocycles. The molecule has 0 aliphatic rings. The number of nitrogens with zero attached hydrogens (tertiary/aromatic N) is 3. The van der Waals surface area contributed by atoms with Gasteiger partial charge >= 0.3 is 0 Å². The second-order valence-corrected chi connectivity index (χ2v) is 5.33. The van der Waals surface area contributed by atoms with Crippen LogP contribution in [0.4, 0.5) is 11.6 Å². The summed E-state index contributed by atoms with van der Waals surface area (Å²) in [7, 11) is 1.88. The molecule has 1 heterocycles. The van der Waals surface area contributed by atoms with E-state index in [9.17, 15) is 5.11 Å². The number of aliphatic hydroxyl groups is 1. The Hall–Kier alpha value is -1.36. The zero-order valence-electron chi connectivity index (χ0n) is 11.2. The third-order valence-corrected chi connectivity index (χ3v) is 2.28. The molecular formula is C12H22N4O. The van der Waals surface area contributed by atoms with Gasteiger partial charge in [0.15, 0.2) is 0 Å². The summed E-state index contributed by atoms with van der Waals surface area (Å²) >= 11 is 0. The topological polar surface area (TPSA) is 75.3 Å². The quantitative estimate of drug-likeness (QED) is 0.829. The van der Waals surface area contributed by atoms with Gasteiger partial charge in [0.25, 0.3) is 0 Å². The molecule has 0 saturated heterocycles. The maximum atomic E-state index is 9.78. The number of hydrogen-bond donors (Lipinski definition) is 2. The molecule has 0 aliphatic heterocycles. The molecule has 0 atom stereocenters. The molecule has 0 radical (unpaired) electrons. The molecule has 0 aliphatic carbocycles. The van der Waals surface area contributed by atoms with Gasteiger partial charge in [-0.1, -0.05) is 13.8 Å². The van der Waals surface area contributed by atoms with E-state index in [1.54, 1.807) is 19.9 Å². The van der Waals surface area contributed by atoms with Crippen LogP contribution in [0.25, 0.3) is 0 Å². The van der Waals surface area contributed by atoms with Gasteiger partial charge in [-0.15, -0.1) is 0 Å². The minimum absolute atomic E-state index is 0.229. The second kappa shape index (κ2) is 4.87. The normalized spacial score (nSPS) is 11.9. The van der Waals surface area contributed by atoms with Gasteiger partial charge in [0.1, 0.15) is 17.5 Å². The molecule has 0 bridgehead atoms. The fourth-order valence-electron chi connectivity index (χ4n) is 1.59. The Balaban J connectivity index is 2.97. The lowest BCUT2D eigenvalue weighted by Gasteiger charge is -2.26. The number of likely N-dealkylation sites (N-methyl/N-ethyl adjacent to an activating group) is 1. The van der Waals surface area contributed by atoms with Crippen LogP contribution in [0.3, 0.4) is 0 Å². The molecule has 0 amide bonds. The summed E-state index contributed by atoms with van der Waals surface area (Å²) in [5, 5.41) is 9.78. The van der Waals surface area contributed by atoms with Crippen molar-refractivity contribution in [3.63, 3.8) is 0 Å². The van der Waals surface area contributed by atoms with E-state index in [2.05, 4.69) is 9.97 Å². The average Bonchev–Trinajstić information content (AvgIpc) is 2.13. The number of anilines is 2. The SMILES string of the molecule is CC(C)c1nc(N)cc(N(C)CC(C)(C)O)n1. The van der Waals surface area contributed by atoms with E-state index in [4.69, 9.17) is 5.73 Å². The van der Waals surface area contributed by atoms with Crippen LogP contribution in [-0.2, 0) is 0 Å². The lowest BCUT2D eigenvalue weighted by atomic mass is 10.1. The van der Waals surface area contributed by atoms with Gasteiger partial charge in [-0.25, -0.2) is 9.97 Å². The predicted octanol–water partition coefficient (Wildman–Crippen LogP) is 1.39. The number of nitrogens with two attached hydrogens (primary N) is 1. The Bertz CT molecular complexity index is 385. The molecule has 1 aromatic heterocycles. The average molecular weight is 238 g/mol. The molecule has 0 fully saturated rings. The molecular weight excluding hydrogens is 216 g/mol. The fourth-order valence-corrected chi connectivity index (χ4v) is 1.59. The van der Waals surface area contributed by atoms with Crippen LogP contribution in [-0.4, -0.2) is 34.3 Å². The Morgan fingerprint density at radius 1 is 1.41 bits per heavy atom. The van der Waals surface area contributed by atoms with E-state index in [-0.39, 0.29) is 5.92 Å². The highest BCUT2D eigenvalue weighted by molar-refractivity contribution is 5.46. The minimum Gasteiger partial charge on any atom is -0.389 e. The van der Waals surface area contributed by atoms with E-state index in [1.165, 1.54) is 0 Å². The molecule has 3 N–H and O–H groups in total. The van der Waals surface area contributed by atoms with Crippen LogP contribution >= 0.6 is 0 Å². The molecule has 0 spiro atoms. The Labute approximate surface area is 103 Å². The van der Waals surface area contributed by atoms with E-state index in [0.29, 0.717) is 12.4 Å². The Morgan fingerprint density at radius 2 is 2.00 bits per heavy atom. The summed E-state index contributed by atoms with van der Waals surface area (Å²) in [5.74, 6) is 2.15. The van der Waals surface area contributed by atoms with Gasteiger partial charge in [-0.2, -0.15) is 0 Å². The van der Waals surface area contributed by atoms with Gasteiger partial charge < -0.3 is 15.7 Å². The molecule has 96 valence electrons. The van der Waals surface area contributed by atoms with Crippen molar-refractivity contribution in [3.05, 3.63) is 11.9 Å². The third kappa shape index (κ3) is 4.19. The van der Waals surface area contributed by atoms with Crippen LogP contribution < -0.4 is 10.6 Å². The third-order valence-electron chi connectivity index (χ3n) is 2.28. The summed E-state index contributed by atoms with van der Waals surface area (Å²) in [6.45, 7) is 8.05. The highest BCUT2D eigenvalue weighted by Crippen LogP contribution is 2.18. The predicted molar refractivity (Wildman–Crippen MR) is 70.1 cm³/mol. The van der Waals surface area contributed by atoms with E-state index in [1.807, 2.05) is 25.8 Å². The maximum absolute atomic E-state index is 9.78. The molecule has 17 heavy (non-hydrogen) atoms. The first-order chi connectivity index (χ1) is 7.69. The largest absolute Gasteiger partial charge is 0.389 e. The highest BCUT2D eigenvalue weighted by Gasteiger charge is 2.18. The first-order valence-electron chi connectivity index (χ1n) is 5.77. The smallest absolute Gasteiger partial charge is 0.135 e. The van der Waals surface area contributed by atoms with Crippen molar-refractivity contribution in [2.24, 2.45) is 0 Å². The lowest BCUT2D eigenvalue weighted by molar-refractivity contribution is 0.0884. The van der Waals surface area contributed by atoms with Crippen molar-refractivity contribution in [3.8, 4) is 0 Å². The first kappa shape index (κ1) is 13.7. The van der Waals surface area contributed by atoms with Crippen LogP contribution in [0, 0.1) is 0 Å². The van der Waals surface area contributed by atoms with Crippen LogP contribution in [0.5, 0.6) is 0 Å². The Kier molecular flexibility index (Phi) is 3.93. The number of nitrogen functional groups attached to an aromatic ring is 1. The zero-order chi connectivity index (χ0) is 13.2. The van der Waals surface area contributed by atoms with Gasteiger partial charge in [0.05, 0.1) is 5.60 Å². The summed E-state index contributed by atoms with van der Waals surface area (Å²) < 4.78 is 0. The van der Waals surface area contributed by atoms with Crippen molar-refractivity contribution in [1.29, 1.82) is 0 Å². The van der Waals surface area contributed by atoms with E-state index in [0.717, 1.165) is 11.6 Å². The molecule has 0 unspecified atom stereocenters. The van der Waals surface area contributed by atoms with Gasteiger partial charge in [0, 0.05) is 25.6 Å². The van der Waals surface area contributed by atoms with Crippen LogP contribution in [0.1, 0.15) is 39.4 Å². The van der Waals surface area contributed by atoms with Gasteiger partial charge in [-0.05, 0) is 13.8 Å². The lowest BCUT2D eigenvalue weighted by Crippen LogP contribution is -2.36. The number of hydrogen-bond acceptors (Lipinski definition) is 5. The fraction of sp³-hybridized carbons (Fsp3) is 0.667. The van der Waals surface area contributed by atoms with Crippen molar-refractivity contribution < 1.29 is 5.11 Å². The molecule has 0 saturated carbocycles. The number of aromatic nitrogens is 2. The van der Waals surface area contributed by atoms with Gasteiger partial charge in [0.2, 0.25) is 0 Å². The zero-order valence-corrected chi connectivity index (χ0v) is 11.2. The van der Waals surface area contributed by atoms with E-state index >= 15 is 0 Å². The highest BCUT2D eigenvalue weighted by atomic mass is 16.3. The molecule has 5 heteroatoms. The van der Waals surface area contributed by atoms with E-state index < -0.39 is 5.60 Å². The minimum atomic E-state index is -0.771. The summed E-state index contributed by atoms with van der Waals surface area (Å²) in [4.78, 5) is 10.5. The monoisotopic (exact) mass is 238 g/mol. The molecule has 1 aromatic rings. The second-order valence-electron chi connectivity index (χ2n) is 5.33. The molecule has 1 rings (SSSR count). The standard InChI is InChI=1S/C12H22N4O/c1-8(2)11-14-9(13)6-10(15-11)16(5)7-12(3,4)17/h6,8,17H,7H2,1-5H3,(H2,13,14,15).